The first-order valence-electron chi connectivity index (χ1n) is 14.0. The van der Waals surface area contributed by atoms with Crippen LogP contribution in [0.3, 0.4) is 0 Å². The molecule has 12 N–H and O–H groups in total. The number of aromatic nitrogens is 3. The van der Waals surface area contributed by atoms with Crippen LogP contribution < -0.4 is 33.2 Å². The molecule has 0 saturated carbocycles. The van der Waals surface area contributed by atoms with Crippen LogP contribution in [0.25, 0.3) is 10.9 Å². The molecule has 238 valence electrons. The van der Waals surface area contributed by atoms with Crippen LogP contribution in [0.2, 0.25) is 0 Å². The Morgan fingerprint density at radius 2 is 1.66 bits per heavy atom. The molecule has 3 amide bonds. The quantitative estimate of drug-likeness (QED) is 0.0488. The number of fused-ring (bicyclic) bond motifs is 1. The number of amides is 3. The highest BCUT2D eigenvalue weighted by Gasteiger charge is 2.31. The Balaban J connectivity index is 1.82. The number of nitrogens with zero attached hydrogens (tertiary/aromatic N) is 2. The molecule has 3 aromatic rings. The van der Waals surface area contributed by atoms with Crippen LogP contribution in [-0.4, -0.2) is 92.4 Å². The zero-order valence-corrected chi connectivity index (χ0v) is 25.2. The van der Waals surface area contributed by atoms with Gasteiger partial charge in [-0.05, 0) is 42.9 Å². The molecule has 0 aliphatic heterocycles. The van der Waals surface area contributed by atoms with Crippen LogP contribution in [0.4, 0.5) is 0 Å². The smallest absolute Gasteiger partial charge is 0.326 e. The molecule has 0 aliphatic rings. The number of carboxylic acid groups (broad SMARTS) is 1. The maximum absolute atomic E-state index is 13.7. The molecule has 0 spiro atoms. The lowest BCUT2D eigenvalue weighted by Gasteiger charge is -2.25. The molecule has 2 aromatic heterocycles. The average Bonchev–Trinajstić information content (AvgIpc) is 3.66. The number of imidazole rings is 1. The molecule has 44 heavy (non-hydrogen) atoms. The van der Waals surface area contributed by atoms with E-state index in [1.165, 1.54) is 24.3 Å². The molecular weight excluding hydrogens is 588 g/mol. The zero-order chi connectivity index (χ0) is 32.1. The lowest BCUT2D eigenvalue weighted by Crippen LogP contribution is -2.58. The number of benzene rings is 1. The second-order valence-corrected chi connectivity index (χ2v) is 11.2. The van der Waals surface area contributed by atoms with Gasteiger partial charge in [0.25, 0.3) is 0 Å². The molecular formula is C28H40N10O5S. The highest BCUT2D eigenvalue weighted by Crippen LogP contribution is 2.19. The van der Waals surface area contributed by atoms with Gasteiger partial charge in [-0.15, -0.1) is 0 Å². The number of H-pyrrole nitrogens is 2. The van der Waals surface area contributed by atoms with Crippen molar-refractivity contribution in [1.29, 1.82) is 0 Å². The van der Waals surface area contributed by atoms with E-state index in [9.17, 15) is 24.3 Å². The molecule has 0 fully saturated rings. The van der Waals surface area contributed by atoms with Crippen LogP contribution in [0.1, 0.15) is 30.5 Å². The predicted molar refractivity (Wildman–Crippen MR) is 169 cm³/mol. The normalized spacial score (nSPS) is 13.8. The molecule has 4 atom stereocenters. The molecule has 3 rings (SSSR count). The molecule has 0 saturated heterocycles. The number of nitrogens with two attached hydrogens (primary N) is 3. The fraction of sp³-hybridized carbons (Fsp3) is 0.429. The standard InChI is InChI=1S/C28H40N10O5S/c1-44-10-8-21(27(42)43)36-25(40)22(11-16-13-34-20-7-3-2-5-18(16)20)38-26(41)23(12-17-14-32-15-35-17)37-24(39)19(29)6-4-9-33-28(30)31/h2-3,5,7,13-15,19,21-23,34H,4,6,8-12,29H2,1H3,(H,32,35)(H,36,40)(H,37,39)(H,38,41)(H,42,43)(H4,30,31,33). The van der Waals surface area contributed by atoms with Gasteiger partial charge in [0.2, 0.25) is 17.7 Å². The summed E-state index contributed by atoms with van der Waals surface area (Å²) >= 11 is 1.45. The van der Waals surface area contributed by atoms with E-state index >= 15 is 0 Å². The summed E-state index contributed by atoms with van der Waals surface area (Å²) < 4.78 is 0. The maximum atomic E-state index is 13.7. The van der Waals surface area contributed by atoms with Gasteiger partial charge >= 0.3 is 5.97 Å². The zero-order valence-electron chi connectivity index (χ0n) is 24.4. The lowest BCUT2D eigenvalue weighted by molar-refractivity contribution is -0.142. The van der Waals surface area contributed by atoms with Gasteiger partial charge < -0.3 is 48.2 Å². The monoisotopic (exact) mass is 628 g/mol. The number of para-hydroxylation sites is 1. The summed E-state index contributed by atoms with van der Waals surface area (Å²) in [4.78, 5) is 66.0. The highest BCUT2D eigenvalue weighted by molar-refractivity contribution is 7.98. The number of guanidine groups is 1. The first kappa shape index (κ1) is 33.9. The van der Waals surface area contributed by atoms with Gasteiger partial charge in [0.15, 0.2) is 5.96 Å². The second-order valence-electron chi connectivity index (χ2n) is 10.2. The third-order valence-corrected chi connectivity index (χ3v) is 7.52. The minimum absolute atomic E-state index is 0.0329. The minimum Gasteiger partial charge on any atom is -0.480 e. The van der Waals surface area contributed by atoms with Gasteiger partial charge in [0, 0.05) is 48.4 Å². The van der Waals surface area contributed by atoms with Crippen molar-refractivity contribution in [2.45, 2.75) is 56.3 Å². The Hall–Kier alpha value is -4.57. The summed E-state index contributed by atoms with van der Waals surface area (Å²) in [7, 11) is 0. The van der Waals surface area contributed by atoms with Gasteiger partial charge in [0.1, 0.15) is 18.1 Å². The van der Waals surface area contributed by atoms with Crippen molar-refractivity contribution >= 4 is 52.3 Å². The van der Waals surface area contributed by atoms with Crippen molar-refractivity contribution in [2.24, 2.45) is 22.2 Å². The third kappa shape index (κ3) is 10.3. The summed E-state index contributed by atoms with van der Waals surface area (Å²) in [5, 5.41) is 18.5. The Morgan fingerprint density at radius 1 is 0.977 bits per heavy atom. The first-order chi connectivity index (χ1) is 21.1. The number of carbonyl (C=O) groups is 4. The third-order valence-electron chi connectivity index (χ3n) is 6.87. The van der Waals surface area contributed by atoms with Crippen molar-refractivity contribution in [3.05, 3.63) is 54.2 Å². The molecule has 0 aliphatic carbocycles. The molecule has 15 nitrogen and oxygen atoms in total. The van der Waals surface area contributed by atoms with E-state index in [1.54, 1.807) is 6.20 Å². The number of hydrogen-bond donors (Lipinski definition) is 9. The van der Waals surface area contributed by atoms with Crippen molar-refractivity contribution < 1.29 is 24.3 Å². The number of nitrogens with one attached hydrogen (secondary N) is 5. The van der Waals surface area contributed by atoms with Crippen molar-refractivity contribution in [3.63, 3.8) is 0 Å². The molecule has 1 aromatic carbocycles. The van der Waals surface area contributed by atoms with Crippen LogP contribution >= 0.6 is 11.8 Å². The molecule has 4 unspecified atom stereocenters. The van der Waals surface area contributed by atoms with Gasteiger partial charge in [-0.3, -0.25) is 19.4 Å². The fourth-order valence-electron chi connectivity index (χ4n) is 4.52. The molecule has 0 bridgehead atoms. The SMILES string of the molecule is CSCCC(NC(=O)C(Cc1c[nH]c2ccccc12)NC(=O)C(Cc1cnc[nH]1)NC(=O)C(N)CCCN=C(N)N)C(=O)O. The van der Waals surface area contributed by atoms with Gasteiger partial charge in [0.05, 0.1) is 12.4 Å². The van der Waals surface area contributed by atoms with Crippen LogP contribution in [-0.2, 0) is 32.0 Å². The Labute approximate surface area is 258 Å². The Kier molecular flexibility index (Phi) is 13.0. The Bertz CT molecular complexity index is 1420. The number of hydrogen-bond acceptors (Lipinski definition) is 8. The van der Waals surface area contributed by atoms with Gasteiger partial charge in [-0.1, -0.05) is 18.2 Å². The number of aromatic amines is 2. The van der Waals surface area contributed by atoms with E-state index in [2.05, 4.69) is 35.9 Å². The highest BCUT2D eigenvalue weighted by atomic mass is 32.2. The van der Waals surface area contributed by atoms with E-state index in [0.29, 0.717) is 24.4 Å². The maximum Gasteiger partial charge on any atom is 0.326 e. The number of carboxylic acids is 1. The summed E-state index contributed by atoms with van der Waals surface area (Å²) in [5.41, 5.74) is 18.9. The van der Waals surface area contributed by atoms with Crippen LogP contribution in [0.15, 0.2) is 48.0 Å². The Morgan fingerprint density at radius 3 is 2.32 bits per heavy atom. The topological polar surface area (TPSA) is 259 Å². The van der Waals surface area contributed by atoms with Crippen molar-refractivity contribution in [1.82, 2.24) is 30.9 Å². The number of carbonyl (C=O) groups excluding carboxylic acids is 3. The largest absolute Gasteiger partial charge is 0.480 e. The van der Waals surface area contributed by atoms with Gasteiger partial charge in [-0.2, -0.15) is 11.8 Å². The van der Waals surface area contributed by atoms with Crippen molar-refractivity contribution in [3.8, 4) is 0 Å². The number of aliphatic carboxylic acids is 1. The van der Waals surface area contributed by atoms with Crippen LogP contribution in [0.5, 0.6) is 0 Å². The summed E-state index contributed by atoms with van der Waals surface area (Å²) in [6.07, 6.45) is 7.54. The minimum atomic E-state index is -1.18. The van der Waals surface area contributed by atoms with E-state index in [0.717, 1.165) is 16.5 Å². The molecule has 16 heteroatoms. The van der Waals surface area contributed by atoms with E-state index < -0.39 is 47.9 Å². The van der Waals surface area contributed by atoms with Gasteiger partial charge in [-0.25, -0.2) is 9.78 Å². The first-order valence-corrected chi connectivity index (χ1v) is 15.4. The second kappa shape index (κ2) is 16.9. The summed E-state index contributed by atoms with van der Waals surface area (Å²) in [5.74, 6) is -2.62. The number of rotatable bonds is 18. The predicted octanol–water partition coefficient (Wildman–Crippen LogP) is -0.651. The number of thioether (sulfide) groups is 1. The summed E-state index contributed by atoms with van der Waals surface area (Å²) in [6.45, 7) is 0.292. The van der Waals surface area contributed by atoms with E-state index in [4.69, 9.17) is 17.2 Å². The van der Waals surface area contributed by atoms with E-state index in [-0.39, 0.29) is 31.6 Å². The summed E-state index contributed by atoms with van der Waals surface area (Å²) in [6, 6.07) is 3.11. The van der Waals surface area contributed by atoms with Crippen LogP contribution in [0, 0.1) is 0 Å². The molecule has 0 radical (unpaired) electrons. The van der Waals surface area contributed by atoms with E-state index in [1.807, 2.05) is 30.5 Å². The molecule has 2 heterocycles. The fourth-order valence-corrected chi connectivity index (χ4v) is 4.99. The average molecular weight is 629 g/mol. The van der Waals surface area contributed by atoms with Crippen molar-refractivity contribution in [2.75, 3.05) is 18.6 Å². The lowest BCUT2D eigenvalue weighted by atomic mass is 10.0. The number of aliphatic imine (C=N–C) groups is 1.